The third kappa shape index (κ3) is 3.48. The minimum Gasteiger partial charge on any atom is -0.459 e. The first-order valence-corrected chi connectivity index (χ1v) is 8.85. The molecule has 3 unspecified atom stereocenters. The largest absolute Gasteiger partial charge is 0.459 e. The molecule has 2 amide bonds. The number of aliphatic hydroxyl groups excluding tert-OH is 1. The third-order valence-corrected chi connectivity index (χ3v) is 5.28. The highest BCUT2D eigenvalue weighted by Gasteiger charge is 2.37. The van der Waals surface area contributed by atoms with Gasteiger partial charge in [0.05, 0.1) is 12.4 Å². The first-order valence-electron chi connectivity index (χ1n) is 8.85. The number of hydrogen-bond acceptors (Lipinski definition) is 4. The Bertz CT molecular complexity index is 572. The van der Waals surface area contributed by atoms with Crippen LogP contribution in [0.1, 0.15) is 49.1 Å². The molecule has 2 fully saturated rings. The van der Waals surface area contributed by atoms with Gasteiger partial charge in [0.15, 0.2) is 5.76 Å². The Morgan fingerprint density at radius 2 is 2.08 bits per heavy atom. The summed E-state index contributed by atoms with van der Waals surface area (Å²) in [6, 6.07) is 2.88. The molecule has 1 saturated carbocycles. The number of carbonyl (C=O) groups excluding carboxylic acids is 2. The van der Waals surface area contributed by atoms with E-state index in [2.05, 4.69) is 0 Å². The first-order chi connectivity index (χ1) is 11.6. The van der Waals surface area contributed by atoms with Crippen LogP contribution in [0.4, 0.5) is 0 Å². The second-order valence-electron chi connectivity index (χ2n) is 6.96. The first kappa shape index (κ1) is 17.0. The molecule has 3 rings (SSSR count). The monoisotopic (exact) mass is 334 g/mol. The minimum atomic E-state index is -0.423. The van der Waals surface area contributed by atoms with E-state index in [0.717, 1.165) is 32.1 Å². The number of carbonyl (C=O) groups is 2. The Labute approximate surface area is 142 Å². The van der Waals surface area contributed by atoms with Gasteiger partial charge in [0.1, 0.15) is 6.04 Å². The summed E-state index contributed by atoms with van der Waals surface area (Å²) >= 11 is 0. The molecule has 1 aliphatic heterocycles. The molecule has 6 heteroatoms. The van der Waals surface area contributed by atoms with Crippen molar-refractivity contribution in [3.63, 3.8) is 0 Å². The molecule has 2 aliphatic rings. The molecule has 1 aromatic rings. The molecule has 0 bridgehead atoms. The Hall–Kier alpha value is -1.82. The zero-order chi connectivity index (χ0) is 17.1. The van der Waals surface area contributed by atoms with Gasteiger partial charge in [-0.1, -0.05) is 12.8 Å². The van der Waals surface area contributed by atoms with Crippen LogP contribution < -0.4 is 0 Å². The third-order valence-electron chi connectivity index (χ3n) is 5.28. The fraction of sp³-hybridized carbons (Fsp3) is 0.667. The predicted octanol–water partition coefficient (Wildman–Crippen LogP) is 1.89. The van der Waals surface area contributed by atoms with E-state index in [-0.39, 0.29) is 29.6 Å². The molecule has 1 aliphatic carbocycles. The van der Waals surface area contributed by atoms with E-state index < -0.39 is 6.04 Å². The van der Waals surface area contributed by atoms with E-state index in [4.69, 9.17) is 4.42 Å². The molecule has 132 valence electrons. The van der Waals surface area contributed by atoms with Gasteiger partial charge in [-0.05, 0) is 37.8 Å². The lowest BCUT2D eigenvalue weighted by Crippen LogP contribution is -2.48. The van der Waals surface area contributed by atoms with Gasteiger partial charge in [-0.3, -0.25) is 9.59 Å². The second-order valence-corrected chi connectivity index (χ2v) is 6.96. The van der Waals surface area contributed by atoms with Crippen molar-refractivity contribution in [2.24, 2.45) is 5.92 Å². The quantitative estimate of drug-likeness (QED) is 0.912. The SMILES string of the molecule is CN(CC1CCCCC1O)C(=O)C1CCCN1C(=O)c1ccco1. The van der Waals surface area contributed by atoms with Crippen LogP contribution in [0.5, 0.6) is 0 Å². The lowest BCUT2D eigenvalue weighted by atomic mass is 9.86. The number of rotatable bonds is 4. The molecule has 1 aromatic heterocycles. The summed E-state index contributed by atoms with van der Waals surface area (Å²) in [5, 5.41) is 10.1. The smallest absolute Gasteiger partial charge is 0.290 e. The Kier molecular flexibility index (Phi) is 5.23. The van der Waals surface area contributed by atoms with Gasteiger partial charge in [-0.2, -0.15) is 0 Å². The van der Waals surface area contributed by atoms with Gasteiger partial charge >= 0.3 is 0 Å². The van der Waals surface area contributed by atoms with Gasteiger partial charge in [0.2, 0.25) is 5.91 Å². The van der Waals surface area contributed by atoms with E-state index in [1.807, 2.05) is 0 Å². The fourth-order valence-corrected chi connectivity index (χ4v) is 3.91. The Morgan fingerprint density at radius 1 is 1.29 bits per heavy atom. The predicted molar refractivity (Wildman–Crippen MR) is 88.4 cm³/mol. The number of hydrogen-bond donors (Lipinski definition) is 1. The molecular weight excluding hydrogens is 308 g/mol. The highest BCUT2D eigenvalue weighted by molar-refractivity contribution is 5.95. The molecule has 2 heterocycles. The molecular formula is C18H26N2O4. The van der Waals surface area contributed by atoms with Crippen LogP contribution >= 0.6 is 0 Å². The summed E-state index contributed by atoms with van der Waals surface area (Å²) in [6.07, 6.45) is 6.60. The summed E-state index contributed by atoms with van der Waals surface area (Å²) < 4.78 is 5.18. The molecule has 0 radical (unpaired) electrons. The zero-order valence-corrected chi connectivity index (χ0v) is 14.2. The summed E-state index contributed by atoms with van der Waals surface area (Å²) in [5.41, 5.74) is 0. The highest BCUT2D eigenvalue weighted by Crippen LogP contribution is 2.26. The van der Waals surface area contributed by atoms with Gasteiger partial charge < -0.3 is 19.3 Å². The van der Waals surface area contributed by atoms with Crippen molar-refractivity contribution in [3.05, 3.63) is 24.2 Å². The maximum Gasteiger partial charge on any atom is 0.290 e. The van der Waals surface area contributed by atoms with Crippen LogP contribution in [0.2, 0.25) is 0 Å². The number of likely N-dealkylation sites (N-methyl/N-ethyl adjacent to an activating group) is 1. The Morgan fingerprint density at radius 3 is 2.79 bits per heavy atom. The number of furan rings is 1. The average molecular weight is 334 g/mol. The van der Waals surface area contributed by atoms with Gasteiger partial charge in [0, 0.05) is 26.1 Å². The molecule has 6 nitrogen and oxygen atoms in total. The van der Waals surface area contributed by atoms with Crippen molar-refractivity contribution in [3.8, 4) is 0 Å². The van der Waals surface area contributed by atoms with Gasteiger partial charge in [-0.25, -0.2) is 0 Å². The summed E-state index contributed by atoms with van der Waals surface area (Å²) in [7, 11) is 1.78. The number of likely N-dealkylation sites (tertiary alicyclic amines) is 1. The van der Waals surface area contributed by atoms with Crippen molar-refractivity contribution in [1.82, 2.24) is 9.80 Å². The van der Waals surface area contributed by atoms with E-state index in [1.54, 1.807) is 29.0 Å². The van der Waals surface area contributed by atoms with Crippen LogP contribution in [0.3, 0.4) is 0 Å². The van der Waals surface area contributed by atoms with Crippen LogP contribution in [0.25, 0.3) is 0 Å². The molecule has 0 spiro atoms. The number of amides is 2. The van der Waals surface area contributed by atoms with Gasteiger partial charge in [0.25, 0.3) is 5.91 Å². The van der Waals surface area contributed by atoms with Crippen molar-refractivity contribution < 1.29 is 19.1 Å². The zero-order valence-electron chi connectivity index (χ0n) is 14.2. The lowest BCUT2D eigenvalue weighted by molar-refractivity contribution is -0.135. The lowest BCUT2D eigenvalue weighted by Gasteiger charge is -2.33. The van der Waals surface area contributed by atoms with E-state index >= 15 is 0 Å². The molecule has 24 heavy (non-hydrogen) atoms. The highest BCUT2D eigenvalue weighted by atomic mass is 16.3. The molecule has 1 N–H and O–H groups in total. The average Bonchev–Trinajstić information content (AvgIpc) is 3.27. The van der Waals surface area contributed by atoms with Crippen LogP contribution in [0.15, 0.2) is 22.8 Å². The topological polar surface area (TPSA) is 74.0 Å². The van der Waals surface area contributed by atoms with Crippen molar-refractivity contribution >= 4 is 11.8 Å². The standard InChI is InChI=1S/C18H26N2O4/c1-19(12-13-6-2-3-8-15(13)21)17(22)14-7-4-10-20(14)18(23)16-9-5-11-24-16/h5,9,11,13-15,21H,2-4,6-8,10,12H2,1H3. The van der Waals surface area contributed by atoms with E-state index in [9.17, 15) is 14.7 Å². The summed E-state index contributed by atoms with van der Waals surface area (Å²) in [4.78, 5) is 28.7. The normalized spacial score (nSPS) is 27.2. The van der Waals surface area contributed by atoms with Crippen molar-refractivity contribution in [2.45, 2.75) is 50.7 Å². The maximum atomic E-state index is 12.8. The number of aliphatic hydroxyl groups is 1. The fourth-order valence-electron chi connectivity index (χ4n) is 3.91. The second kappa shape index (κ2) is 7.38. The van der Waals surface area contributed by atoms with Crippen LogP contribution in [-0.4, -0.2) is 59.0 Å². The number of nitrogens with zero attached hydrogens (tertiary/aromatic N) is 2. The summed E-state index contributed by atoms with van der Waals surface area (Å²) in [6.45, 7) is 1.13. The summed E-state index contributed by atoms with van der Waals surface area (Å²) in [5.74, 6) is 0.163. The van der Waals surface area contributed by atoms with Crippen LogP contribution in [-0.2, 0) is 4.79 Å². The van der Waals surface area contributed by atoms with Gasteiger partial charge in [-0.15, -0.1) is 0 Å². The minimum absolute atomic E-state index is 0.0369. The maximum absolute atomic E-state index is 12.8. The van der Waals surface area contributed by atoms with Crippen LogP contribution in [0, 0.1) is 5.92 Å². The molecule has 0 aromatic carbocycles. The van der Waals surface area contributed by atoms with E-state index in [0.29, 0.717) is 19.5 Å². The van der Waals surface area contributed by atoms with Crippen molar-refractivity contribution in [2.75, 3.05) is 20.1 Å². The van der Waals surface area contributed by atoms with E-state index in [1.165, 1.54) is 6.26 Å². The molecule has 1 saturated heterocycles. The van der Waals surface area contributed by atoms with Crippen molar-refractivity contribution in [1.29, 1.82) is 0 Å². The molecule has 3 atom stereocenters. The Balaban J connectivity index is 1.63.